The summed E-state index contributed by atoms with van der Waals surface area (Å²) < 4.78 is 6.32. The molecule has 1 aliphatic heterocycles. The van der Waals surface area contributed by atoms with Crippen molar-refractivity contribution >= 4 is 5.91 Å². The number of benzene rings is 1. The molecule has 1 aromatic heterocycles. The molecule has 1 amide bonds. The second kappa shape index (κ2) is 6.16. The van der Waals surface area contributed by atoms with Crippen LogP contribution in [0.2, 0.25) is 0 Å². The Bertz CT molecular complexity index is 647. The maximum Gasteiger partial charge on any atom is 0.257 e. The predicted octanol–water partition coefficient (Wildman–Crippen LogP) is 3.04. The number of H-pyrrole nitrogens is 1. The molecule has 0 spiro atoms. The van der Waals surface area contributed by atoms with Crippen LogP contribution in [0.5, 0.6) is 0 Å². The van der Waals surface area contributed by atoms with Crippen molar-refractivity contribution in [3.63, 3.8) is 0 Å². The Balaban J connectivity index is 1.86. The number of rotatable bonds is 2. The zero-order valence-corrected chi connectivity index (χ0v) is 13.8. The van der Waals surface area contributed by atoms with Crippen molar-refractivity contribution in [2.75, 3.05) is 13.1 Å². The molecule has 1 aromatic carbocycles. The number of ether oxygens (including phenoxy) is 1. The van der Waals surface area contributed by atoms with Crippen LogP contribution in [0.3, 0.4) is 0 Å². The van der Waals surface area contributed by atoms with Crippen molar-refractivity contribution < 1.29 is 9.53 Å². The second-order valence-corrected chi connectivity index (χ2v) is 7.09. The van der Waals surface area contributed by atoms with E-state index in [4.69, 9.17) is 4.74 Å². The minimum absolute atomic E-state index is 0.00256. The van der Waals surface area contributed by atoms with Crippen LogP contribution in [0.25, 0.3) is 0 Å². The Morgan fingerprint density at radius 3 is 2.61 bits per heavy atom. The van der Waals surface area contributed by atoms with E-state index in [2.05, 4.69) is 43.1 Å². The fourth-order valence-electron chi connectivity index (χ4n) is 2.81. The quantitative estimate of drug-likeness (QED) is 0.927. The predicted molar refractivity (Wildman–Crippen MR) is 88.0 cm³/mol. The maximum atomic E-state index is 12.7. The van der Waals surface area contributed by atoms with E-state index in [1.54, 1.807) is 12.4 Å². The fraction of sp³-hybridized carbons (Fsp3) is 0.444. The highest BCUT2D eigenvalue weighted by Gasteiger charge is 2.37. The Hall–Kier alpha value is -2.14. The first-order valence-corrected chi connectivity index (χ1v) is 7.93. The molecule has 3 rings (SSSR count). The molecule has 2 heterocycles. The molecule has 23 heavy (non-hydrogen) atoms. The molecule has 1 fully saturated rings. The summed E-state index contributed by atoms with van der Waals surface area (Å²) in [5, 5.41) is 6.58. The summed E-state index contributed by atoms with van der Waals surface area (Å²) in [4.78, 5) is 14.6. The summed E-state index contributed by atoms with van der Waals surface area (Å²) in [6.07, 6.45) is 3.09. The summed E-state index contributed by atoms with van der Waals surface area (Å²) in [5.74, 6) is -0.00256. The molecular formula is C18H23N3O2. The van der Waals surface area contributed by atoms with Crippen LogP contribution in [0.1, 0.15) is 42.8 Å². The number of aromatic nitrogens is 2. The third kappa shape index (κ3) is 3.45. The highest BCUT2D eigenvalue weighted by atomic mass is 16.5. The van der Waals surface area contributed by atoms with Gasteiger partial charge in [0.2, 0.25) is 0 Å². The van der Waals surface area contributed by atoms with Crippen LogP contribution < -0.4 is 0 Å². The zero-order chi connectivity index (χ0) is 16.4. The van der Waals surface area contributed by atoms with E-state index in [1.165, 1.54) is 0 Å². The molecule has 122 valence electrons. The van der Waals surface area contributed by atoms with Crippen LogP contribution in [0, 0.1) is 5.41 Å². The summed E-state index contributed by atoms with van der Waals surface area (Å²) in [7, 11) is 0. The standard InChI is InChI=1S/C18H23N3O2/c1-18(2,3)16-12-21(17(22)14-9-19-20-10-14)11-15(23-16)13-7-5-4-6-8-13/h4-10,15-16H,11-12H2,1-3H3,(H,19,20)/t15-,16+/m0/s1. The van der Waals surface area contributed by atoms with Crippen LogP contribution in [-0.2, 0) is 4.74 Å². The Morgan fingerprint density at radius 2 is 2.00 bits per heavy atom. The number of nitrogens with one attached hydrogen (secondary N) is 1. The van der Waals surface area contributed by atoms with Gasteiger partial charge in [0.05, 0.1) is 24.4 Å². The van der Waals surface area contributed by atoms with E-state index in [0.29, 0.717) is 18.7 Å². The monoisotopic (exact) mass is 313 g/mol. The van der Waals surface area contributed by atoms with Gasteiger partial charge in [0, 0.05) is 12.7 Å². The highest BCUT2D eigenvalue weighted by Crippen LogP contribution is 2.33. The molecule has 1 N–H and O–H groups in total. The molecule has 0 unspecified atom stereocenters. The number of carbonyl (C=O) groups excluding carboxylic acids is 1. The fourth-order valence-corrected chi connectivity index (χ4v) is 2.81. The van der Waals surface area contributed by atoms with Gasteiger partial charge in [0.1, 0.15) is 6.10 Å². The number of amides is 1. The third-order valence-corrected chi connectivity index (χ3v) is 4.27. The minimum atomic E-state index is -0.106. The van der Waals surface area contributed by atoms with Gasteiger partial charge in [0.25, 0.3) is 5.91 Å². The lowest BCUT2D eigenvalue weighted by Gasteiger charge is -2.43. The molecular weight excluding hydrogens is 290 g/mol. The molecule has 0 radical (unpaired) electrons. The second-order valence-electron chi connectivity index (χ2n) is 7.09. The van der Waals surface area contributed by atoms with E-state index < -0.39 is 0 Å². The molecule has 1 aliphatic rings. The molecule has 1 saturated heterocycles. The van der Waals surface area contributed by atoms with Gasteiger partial charge in [-0.05, 0) is 11.0 Å². The van der Waals surface area contributed by atoms with Gasteiger partial charge >= 0.3 is 0 Å². The molecule has 0 bridgehead atoms. The van der Waals surface area contributed by atoms with Crippen LogP contribution >= 0.6 is 0 Å². The van der Waals surface area contributed by atoms with Crippen LogP contribution in [0.15, 0.2) is 42.7 Å². The lowest BCUT2D eigenvalue weighted by molar-refractivity contribution is -0.119. The average Bonchev–Trinajstić information content (AvgIpc) is 3.08. The van der Waals surface area contributed by atoms with E-state index in [-0.39, 0.29) is 23.5 Å². The van der Waals surface area contributed by atoms with E-state index in [1.807, 2.05) is 23.1 Å². The van der Waals surface area contributed by atoms with Gasteiger partial charge in [-0.3, -0.25) is 9.89 Å². The van der Waals surface area contributed by atoms with E-state index in [9.17, 15) is 4.79 Å². The number of morpholine rings is 1. The number of aromatic amines is 1. The Kier molecular flexibility index (Phi) is 4.22. The van der Waals surface area contributed by atoms with Crippen molar-refractivity contribution in [1.82, 2.24) is 15.1 Å². The van der Waals surface area contributed by atoms with Crippen molar-refractivity contribution in [3.8, 4) is 0 Å². The zero-order valence-electron chi connectivity index (χ0n) is 13.8. The van der Waals surface area contributed by atoms with Crippen molar-refractivity contribution in [1.29, 1.82) is 0 Å². The molecule has 0 saturated carbocycles. The first kappa shape index (κ1) is 15.7. The summed E-state index contributed by atoms with van der Waals surface area (Å²) in [6.45, 7) is 7.58. The third-order valence-electron chi connectivity index (χ3n) is 4.27. The van der Waals surface area contributed by atoms with Gasteiger partial charge in [-0.15, -0.1) is 0 Å². The summed E-state index contributed by atoms with van der Waals surface area (Å²) >= 11 is 0. The first-order valence-electron chi connectivity index (χ1n) is 7.93. The molecule has 5 nitrogen and oxygen atoms in total. The lowest BCUT2D eigenvalue weighted by atomic mass is 9.87. The van der Waals surface area contributed by atoms with Crippen molar-refractivity contribution in [2.45, 2.75) is 33.0 Å². The average molecular weight is 313 g/mol. The summed E-state index contributed by atoms with van der Waals surface area (Å²) in [5.41, 5.74) is 1.65. The van der Waals surface area contributed by atoms with Gasteiger partial charge in [0.15, 0.2) is 0 Å². The first-order chi connectivity index (χ1) is 10.9. The Morgan fingerprint density at radius 1 is 1.26 bits per heavy atom. The maximum absolute atomic E-state index is 12.7. The summed E-state index contributed by atoms with van der Waals surface area (Å²) in [6, 6.07) is 10.1. The van der Waals surface area contributed by atoms with Crippen LogP contribution in [0.4, 0.5) is 0 Å². The largest absolute Gasteiger partial charge is 0.366 e. The molecule has 2 atom stereocenters. The molecule has 2 aromatic rings. The number of hydrogen-bond acceptors (Lipinski definition) is 3. The molecule has 0 aliphatic carbocycles. The van der Waals surface area contributed by atoms with Gasteiger partial charge < -0.3 is 9.64 Å². The molecule has 5 heteroatoms. The Labute approximate surface area is 136 Å². The van der Waals surface area contributed by atoms with Crippen molar-refractivity contribution in [2.24, 2.45) is 5.41 Å². The number of nitrogens with zero attached hydrogens (tertiary/aromatic N) is 2. The number of hydrogen-bond donors (Lipinski definition) is 1. The van der Waals surface area contributed by atoms with Crippen molar-refractivity contribution in [3.05, 3.63) is 53.9 Å². The normalized spacial score (nSPS) is 22.1. The van der Waals surface area contributed by atoms with E-state index >= 15 is 0 Å². The smallest absolute Gasteiger partial charge is 0.257 e. The van der Waals surface area contributed by atoms with Gasteiger partial charge in [-0.1, -0.05) is 51.1 Å². The topological polar surface area (TPSA) is 58.2 Å². The SMILES string of the molecule is CC(C)(C)[C@H]1CN(C(=O)c2cn[nH]c2)C[C@@H](c2ccccc2)O1. The van der Waals surface area contributed by atoms with Crippen LogP contribution in [-0.4, -0.2) is 40.2 Å². The number of carbonyl (C=O) groups is 1. The highest BCUT2D eigenvalue weighted by molar-refractivity contribution is 5.93. The van der Waals surface area contributed by atoms with Gasteiger partial charge in [-0.2, -0.15) is 5.10 Å². The van der Waals surface area contributed by atoms with E-state index in [0.717, 1.165) is 5.56 Å². The lowest BCUT2D eigenvalue weighted by Crippen LogP contribution is -2.51. The minimum Gasteiger partial charge on any atom is -0.366 e. The van der Waals surface area contributed by atoms with Gasteiger partial charge in [-0.25, -0.2) is 0 Å².